The lowest BCUT2D eigenvalue weighted by molar-refractivity contribution is -0.232. The van der Waals surface area contributed by atoms with Crippen LogP contribution in [0.15, 0.2) is 57.7 Å². The standard InChI is InChI=1S/C27H30O12/c28-9-14-18(31)20(33)22(35)26(37-14)13-8-4-7-12-17(30)16(24(39-25(12)13)11-5-2-1-3-6-11)27-23(36)21(34)19(32)15(10-29)38-27/h1-8,14-15,18-23,26-29,31-36H,9-10H2/t14-,15-,18-,19-,20+,21+,22-,23-,26?,27?/m1/s1. The van der Waals surface area contributed by atoms with Gasteiger partial charge in [-0.3, -0.25) is 4.79 Å². The Morgan fingerprint density at radius 1 is 0.641 bits per heavy atom. The quantitative estimate of drug-likeness (QED) is 0.184. The number of para-hydroxylation sites is 1. The summed E-state index contributed by atoms with van der Waals surface area (Å²) in [4.78, 5) is 14.0. The van der Waals surface area contributed by atoms with E-state index >= 15 is 0 Å². The van der Waals surface area contributed by atoms with Crippen LogP contribution in [-0.4, -0.2) is 103 Å². The van der Waals surface area contributed by atoms with E-state index in [0.717, 1.165) is 0 Å². The SMILES string of the molecule is O=c1c(C2O[C@H](CO)[C@@H](O)[C@H](O)[C@H]2O)c(-c2ccccc2)oc2c(C3O[C@H](CO)[C@@H](O)[C@H](O)[C@H]3O)cccc12. The van der Waals surface area contributed by atoms with Gasteiger partial charge in [-0.1, -0.05) is 42.5 Å². The normalized spacial score (nSPS) is 35.3. The second kappa shape index (κ2) is 11.0. The number of hydrogen-bond acceptors (Lipinski definition) is 12. The maximum absolute atomic E-state index is 14.0. The average molecular weight is 547 g/mol. The van der Waals surface area contributed by atoms with Crippen molar-refractivity contribution in [3.05, 3.63) is 69.9 Å². The van der Waals surface area contributed by atoms with E-state index in [-0.39, 0.29) is 27.9 Å². The topological polar surface area (TPSA) is 211 Å². The smallest absolute Gasteiger partial charge is 0.199 e. The highest BCUT2D eigenvalue weighted by Gasteiger charge is 2.47. The van der Waals surface area contributed by atoms with E-state index in [1.807, 2.05) is 0 Å². The molecule has 2 aromatic carbocycles. The highest BCUT2D eigenvalue weighted by molar-refractivity contribution is 5.84. The fraction of sp³-hybridized carbons (Fsp3) is 0.444. The van der Waals surface area contributed by atoms with E-state index in [1.54, 1.807) is 30.3 Å². The summed E-state index contributed by atoms with van der Waals surface area (Å²) >= 11 is 0. The maximum Gasteiger partial charge on any atom is 0.199 e. The Labute approximate surface area is 221 Å². The van der Waals surface area contributed by atoms with Gasteiger partial charge in [0.15, 0.2) is 5.43 Å². The average Bonchev–Trinajstić information content (AvgIpc) is 2.96. The summed E-state index contributed by atoms with van der Waals surface area (Å²) in [5.41, 5.74) is -0.312. The van der Waals surface area contributed by atoms with Gasteiger partial charge in [-0.15, -0.1) is 0 Å². The van der Waals surface area contributed by atoms with E-state index in [1.165, 1.54) is 18.2 Å². The van der Waals surface area contributed by atoms with E-state index in [9.17, 15) is 45.6 Å². The van der Waals surface area contributed by atoms with Gasteiger partial charge in [0.25, 0.3) is 0 Å². The molecule has 0 amide bonds. The summed E-state index contributed by atoms with van der Waals surface area (Å²) < 4.78 is 17.7. The summed E-state index contributed by atoms with van der Waals surface area (Å²) in [6.45, 7) is -1.34. The first kappa shape index (κ1) is 27.8. The lowest BCUT2D eigenvalue weighted by Gasteiger charge is -2.41. The number of hydrogen-bond donors (Lipinski definition) is 8. The van der Waals surface area contributed by atoms with Crippen molar-refractivity contribution in [3.63, 3.8) is 0 Å². The van der Waals surface area contributed by atoms with Crippen LogP contribution >= 0.6 is 0 Å². The maximum atomic E-state index is 14.0. The molecular weight excluding hydrogens is 516 g/mol. The molecule has 210 valence electrons. The van der Waals surface area contributed by atoms with Crippen molar-refractivity contribution in [2.45, 2.75) is 61.0 Å². The molecule has 39 heavy (non-hydrogen) atoms. The highest BCUT2D eigenvalue weighted by Crippen LogP contribution is 2.40. The number of ether oxygens (including phenoxy) is 2. The predicted octanol–water partition coefficient (Wildman–Crippen LogP) is -1.51. The van der Waals surface area contributed by atoms with Crippen LogP contribution in [0, 0.1) is 0 Å². The molecule has 1 aromatic heterocycles. The Morgan fingerprint density at radius 3 is 1.79 bits per heavy atom. The number of rotatable bonds is 5. The Kier molecular flexibility index (Phi) is 7.86. The molecule has 0 saturated carbocycles. The third-order valence-corrected chi connectivity index (χ3v) is 7.40. The van der Waals surface area contributed by atoms with Gasteiger partial charge in [-0.25, -0.2) is 0 Å². The molecule has 2 saturated heterocycles. The Morgan fingerprint density at radius 2 is 1.21 bits per heavy atom. The fourth-order valence-corrected chi connectivity index (χ4v) is 5.24. The summed E-state index contributed by atoms with van der Waals surface area (Å²) in [6, 6.07) is 12.8. The van der Waals surface area contributed by atoms with Gasteiger partial charge in [0.05, 0.1) is 24.2 Å². The molecule has 12 heteroatoms. The zero-order chi connectivity index (χ0) is 28.0. The summed E-state index contributed by atoms with van der Waals surface area (Å²) in [5.74, 6) is -0.0468. The molecule has 2 fully saturated rings. The third-order valence-electron chi connectivity index (χ3n) is 7.40. The van der Waals surface area contributed by atoms with Crippen LogP contribution in [0.5, 0.6) is 0 Å². The van der Waals surface area contributed by atoms with Crippen molar-refractivity contribution in [2.75, 3.05) is 13.2 Å². The van der Waals surface area contributed by atoms with Crippen LogP contribution in [0.25, 0.3) is 22.3 Å². The lowest BCUT2D eigenvalue weighted by Crippen LogP contribution is -2.56. The van der Waals surface area contributed by atoms with Crippen molar-refractivity contribution in [1.29, 1.82) is 0 Å². The number of benzene rings is 2. The summed E-state index contributed by atoms with van der Waals surface area (Å²) in [7, 11) is 0. The zero-order valence-corrected chi connectivity index (χ0v) is 20.5. The third kappa shape index (κ3) is 4.68. The minimum absolute atomic E-state index is 0.0175. The molecule has 12 nitrogen and oxygen atoms in total. The molecule has 2 unspecified atom stereocenters. The molecule has 3 heterocycles. The van der Waals surface area contributed by atoms with Crippen molar-refractivity contribution < 1.29 is 54.7 Å². The molecule has 0 radical (unpaired) electrons. The summed E-state index contributed by atoms with van der Waals surface area (Å²) in [6.07, 6.45) is -15.3. The van der Waals surface area contributed by atoms with Crippen LogP contribution in [0.1, 0.15) is 23.3 Å². The van der Waals surface area contributed by atoms with Gasteiger partial charge in [-0.2, -0.15) is 0 Å². The first-order chi connectivity index (χ1) is 18.7. The van der Waals surface area contributed by atoms with Crippen LogP contribution in [0.3, 0.4) is 0 Å². The molecule has 2 aliphatic heterocycles. The minimum atomic E-state index is -1.75. The molecule has 2 aliphatic rings. The number of aliphatic hydroxyl groups is 8. The molecule has 10 atom stereocenters. The van der Waals surface area contributed by atoms with Crippen LogP contribution in [0.4, 0.5) is 0 Å². The molecule has 3 aromatic rings. The molecule has 8 N–H and O–H groups in total. The summed E-state index contributed by atoms with van der Waals surface area (Å²) in [5, 5.41) is 82.0. The molecule has 0 aliphatic carbocycles. The van der Waals surface area contributed by atoms with Gasteiger partial charge in [0.2, 0.25) is 0 Å². The van der Waals surface area contributed by atoms with Crippen LogP contribution in [-0.2, 0) is 9.47 Å². The second-order valence-electron chi connectivity index (χ2n) is 9.76. The monoisotopic (exact) mass is 546 g/mol. The van der Waals surface area contributed by atoms with Crippen molar-refractivity contribution in [2.24, 2.45) is 0 Å². The number of aliphatic hydroxyl groups excluding tert-OH is 8. The number of fused-ring (bicyclic) bond motifs is 1. The first-order valence-electron chi connectivity index (χ1n) is 12.5. The van der Waals surface area contributed by atoms with Gasteiger partial charge in [-0.05, 0) is 6.07 Å². The van der Waals surface area contributed by atoms with Gasteiger partial charge in [0.1, 0.15) is 72.4 Å². The van der Waals surface area contributed by atoms with E-state index in [4.69, 9.17) is 13.9 Å². The highest BCUT2D eigenvalue weighted by atomic mass is 16.6. The van der Waals surface area contributed by atoms with Gasteiger partial charge in [0, 0.05) is 11.1 Å². The second-order valence-corrected chi connectivity index (χ2v) is 9.76. The van der Waals surface area contributed by atoms with Gasteiger partial charge < -0.3 is 54.7 Å². The fourth-order valence-electron chi connectivity index (χ4n) is 5.24. The predicted molar refractivity (Wildman–Crippen MR) is 133 cm³/mol. The van der Waals surface area contributed by atoms with Crippen LogP contribution < -0.4 is 5.43 Å². The Bertz CT molecular complexity index is 1360. The van der Waals surface area contributed by atoms with Crippen molar-refractivity contribution >= 4 is 11.0 Å². The Hall–Kier alpha value is -2.75. The molecular formula is C27H30O12. The minimum Gasteiger partial charge on any atom is -0.455 e. The zero-order valence-electron chi connectivity index (χ0n) is 20.5. The molecule has 5 rings (SSSR count). The molecule has 0 spiro atoms. The van der Waals surface area contributed by atoms with E-state index < -0.39 is 79.7 Å². The van der Waals surface area contributed by atoms with Crippen molar-refractivity contribution in [1.82, 2.24) is 0 Å². The largest absolute Gasteiger partial charge is 0.455 e. The lowest BCUT2D eigenvalue weighted by atomic mass is 9.88. The first-order valence-corrected chi connectivity index (χ1v) is 12.5. The van der Waals surface area contributed by atoms with Gasteiger partial charge >= 0.3 is 0 Å². The molecule has 0 bridgehead atoms. The van der Waals surface area contributed by atoms with Crippen molar-refractivity contribution in [3.8, 4) is 11.3 Å². The Balaban J connectivity index is 1.74. The van der Waals surface area contributed by atoms with Crippen LogP contribution in [0.2, 0.25) is 0 Å². The van der Waals surface area contributed by atoms with E-state index in [0.29, 0.717) is 5.56 Å². The van der Waals surface area contributed by atoms with E-state index in [2.05, 4.69) is 0 Å².